The lowest BCUT2D eigenvalue weighted by molar-refractivity contribution is 0.102. The summed E-state index contributed by atoms with van der Waals surface area (Å²) >= 11 is 9.41. The van der Waals surface area contributed by atoms with Crippen molar-refractivity contribution in [3.63, 3.8) is 0 Å². The Morgan fingerprint density at radius 2 is 2.05 bits per heavy atom. The second kappa shape index (κ2) is 6.45. The molecule has 0 aliphatic carbocycles. The highest BCUT2D eigenvalue weighted by Crippen LogP contribution is 2.26. The van der Waals surface area contributed by atoms with E-state index in [4.69, 9.17) is 17.3 Å². The number of carbonyl (C=O) groups excluding carboxylic acids is 1. The lowest BCUT2D eigenvalue weighted by Gasteiger charge is -2.11. The predicted octanol–water partition coefficient (Wildman–Crippen LogP) is 4.46. The Bertz CT molecular complexity index is 689. The van der Waals surface area contributed by atoms with Gasteiger partial charge in [-0.25, -0.2) is 4.98 Å². The summed E-state index contributed by atoms with van der Waals surface area (Å²) < 4.78 is 0.848. The first kappa shape index (κ1) is 15.8. The monoisotopic (exact) mass is 367 g/mol. The minimum Gasteiger partial charge on any atom is -0.384 e. The molecule has 0 bridgehead atoms. The Morgan fingerprint density at radius 3 is 2.67 bits per heavy atom. The van der Waals surface area contributed by atoms with Crippen LogP contribution in [0.4, 0.5) is 11.5 Å². The van der Waals surface area contributed by atoms with E-state index in [1.165, 1.54) is 0 Å². The average molecular weight is 369 g/mol. The molecule has 1 aromatic heterocycles. The Hall–Kier alpha value is -1.59. The van der Waals surface area contributed by atoms with Gasteiger partial charge in [-0.1, -0.05) is 41.4 Å². The van der Waals surface area contributed by atoms with E-state index >= 15 is 0 Å². The molecule has 0 saturated heterocycles. The number of benzene rings is 1. The van der Waals surface area contributed by atoms with Crippen LogP contribution in [0, 0.1) is 0 Å². The molecule has 6 heteroatoms. The van der Waals surface area contributed by atoms with Crippen LogP contribution >= 0.6 is 27.5 Å². The highest BCUT2D eigenvalue weighted by atomic mass is 79.9. The number of nitrogen functional groups attached to an aromatic ring is 1. The molecule has 21 heavy (non-hydrogen) atoms. The Kier molecular flexibility index (Phi) is 4.85. The molecule has 1 amide bonds. The predicted molar refractivity (Wildman–Crippen MR) is 89.8 cm³/mol. The molecular formula is C15H15BrClN3O. The molecule has 1 aromatic carbocycles. The number of amides is 1. The molecule has 0 aliphatic rings. The summed E-state index contributed by atoms with van der Waals surface area (Å²) in [5, 5.41) is 3.23. The molecule has 1 heterocycles. The van der Waals surface area contributed by atoms with Crippen LogP contribution in [0.2, 0.25) is 5.02 Å². The fourth-order valence-electron chi connectivity index (χ4n) is 1.79. The van der Waals surface area contributed by atoms with Gasteiger partial charge in [-0.15, -0.1) is 0 Å². The number of hydrogen-bond donors (Lipinski definition) is 2. The molecule has 110 valence electrons. The largest absolute Gasteiger partial charge is 0.384 e. The Balaban J connectivity index is 2.28. The highest BCUT2D eigenvalue weighted by Gasteiger charge is 2.12. The molecule has 0 aliphatic heterocycles. The molecule has 4 nitrogen and oxygen atoms in total. The molecule has 0 radical (unpaired) electrons. The maximum atomic E-state index is 12.3. The van der Waals surface area contributed by atoms with Crippen molar-refractivity contribution in [2.24, 2.45) is 0 Å². The summed E-state index contributed by atoms with van der Waals surface area (Å²) in [6.45, 7) is 3.99. The van der Waals surface area contributed by atoms with Crippen molar-refractivity contribution in [1.82, 2.24) is 4.98 Å². The van der Waals surface area contributed by atoms with E-state index in [9.17, 15) is 4.79 Å². The van der Waals surface area contributed by atoms with Crippen molar-refractivity contribution < 1.29 is 4.79 Å². The summed E-state index contributed by atoms with van der Waals surface area (Å²) in [5.41, 5.74) is 7.55. The zero-order valence-electron chi connectivity index (χ0n) is 11.7. The number of pyridine rings is 1. The first-order valence-electron chi connectivity index (χ1n) is 6.40. The van der Waals surface area contributed by atoms with E-state index in [1.54, 1.807) is 24.3 Å². The number of rotatable bonds is 3. The van der Waals surface area contributed by atoms with Crippen molar-refractivity contribution in [3.05, 3.63) is 51.1 Å². The summed E-state index contributed by atoms with van der Waals surface area (Å²) in [6, 6.07) is 8.55. The quantitative estimate of drug-likeness (QED) is 0.840. The number of nitrogens with one attached hydrogen (secondary N) is 1. The van der Waals surface area contributed by atoms with Crippen molar-refractivity contribution in [1.29, 1.82) is 0 Å². The van der Waals surface area contributed by atoms with Gasteiger partial charge in [-0.05, 0) is 36.2 Å². The maximum absolute atomic E-state index is 12.3. The molecule has 2 aromatic rings. The van der Waals surface area contributed by atoms with Crippen LogP contribution in [0.3, 0.4) is 0 Å². The van der Waals surface area contributed by atoms with Crippen LogP contribution in [-0.4, -0.2) is 10.9 Å². The van der Waals surface area contributed by atoms with Gasteiger partial charge in [0.15, 0.2) is 0 Å². The van der Waals surface area contributed by atoms with E-state index in [0.717, 1.165) is 10.2 Å². The standard InChI is InChI=1S/C15H15BrClN3O/c1-8(2)13-5-9(6-14(18)19-13)15(21)20-12-4-3-10(16)7-11(12)17/h3-8H,1-2H3,(H2,18,19)(H,20,21). The maximum Gasteiger partial charge on any atom is 0.255 e. The SMILES string of the molecule is CC(C)c1cc(C(=O)Nc2ccc(Br)cc2Cl)cc(N)n1. The average Bonchev–Trinajstić information content (AvgIpc) is 2.41. The number of aromatic nitrogens is 1. The molecule has 3 N–H and O–H groups in total. The number of nitrogens with zero attached hydrogens (tertiary/aromatic N) is 1. The summed E-state index contributed by atoms with van der Waals surface area (Å²) in [4.78, 5) is 16.5. The Morgan fingerprint density at radius 1 is 1.33 bits per heavy atom. The topological polar surface area (TPSA) is 68.0 Å². The molecular weight excluding hydrogens is 354 g/mol. The van der Waals surface area contributed by atoms with Gasteiger partial charge in [-0.3, -0.25) is 4.79 Å². The van der Waals surface area contributed by atoms with Gasteiger partial charge in [0.2, 0.25) is 0 Å². The van der Waals surface area contributed by atoms with Crippen LogP contribution in [0.5, 0.6) is 0 Å². The van der Waals surface area contributed by atoms with Crippen LogP contribution in [0.15, 0.2) is 34.8 Å². The molecule has 0 saturated carbocycles. The second-order valence-electron chi connectivity index (χ2n) is 4.94. The van der Waals surface area contributed by atoms with Crippen molar-refractivity contribution in [3.8, 4) is 0 Å². The molecule has 0 fully saturated rings. The molecule has 0 atom stereocenters. The molecule has 0 unspecified atom stereocenters. The van der Waals surface area contributed by atoms with Gasteiger partial charge < -0.3 is 11.1 Å². The second-order valence-corrected chi connectivity index (χ2v) is 6.26. The summed E-state index contributed by atoms with van der Waals surface area (Å²) in [5.74, 6) is 0.250. The number of halogens is 2. The van der Waals surface area contributed by atoms with E-state index in [-0.39, 0.29) is 11.8 Å². The van der Waals surface area contributed by atoms with Gasteiger partial charge in [0.1, 0.15) is 5.82 Å². The van der Waals surface area contributed by atoms with E-state index in [1.807, 2.05) is 19.9 Å². The minimum absolute atomic E-state index is 0.191. The van der Waals surface area contributed by atoms with Gasteiger partial charge in [0.05, 0.1) is 10.7 Å². The van der Waals surface area contributed by atoms with E-state index in [0.29, 0.717) is 22.1 Å². The number of nitrogens with two attached hydrogens (primary N) is 1. The summed E-state index contributed by atoms with van der Waals surface area (Å²) in [6.07, 6.45) is 0. The van der Waals surface area contributed by atoms with E-state index < -0.39 is 0 Å². The van der Waals surface area contributed by atoms with Crippen LogP contribution in [-0.2, 0) is 0 Å². The van der Waals surface area contributed by atoms with Crippen molar-refractivity contribution in [2.75, 3.05) is 11.1 Å². The number of carbonyl (C=O) groups is 1. The lowest BCUT2D eigenvalue weighted by Crippen LogP contribution is -2.14. The van der Waals surface area contributed by atoms with Crippen LogP contribution < -0.4 is 11.1 Å². The van der Waals surface area contributed by atoms with Gasteiger partial charge in [-0.2, -0.15) is 0 Å². The lowest BCUT2D eigenvalue weighted by atomic mass is 10.1. The minimum atomic E-state index is -0.268. The smallest absolute Gasteiger partial charge is 0.255 e. The summed E-state index contributed by atoms with van der Waals surface area (Å²) in [7, 11) is 0. The first-order valence-corrected chi connectivity index (χ1v) is 7.58. The third kappa shape index (κ3) is 3.95. The third-order valence-electron chi connectivity index (χ3n) is 2.90. The van der Waals surface area contributed by atoms with Crippen molar-refractivity contribution in [2.45, 2.75) is 19.8 Å². The number of hydrogen-bond acceptors (Lipinski definition) is 3. The molecule has 0 spiro atoms. The Labute approximate surface area is 136 Å². The normalized spacial score (nSPS) is 10.7. The third-order valence-corrected chi connectivity index (χ3v) is 3.70. The molecule has 2 rings (SSSR count). The van der Waals surface area contributed by atoms with Gasteiger partial charge in [0.25, 0.3) is 5.91 Å². The van der Waals surface area contributed by atoms with Crippen LogP contribution in [0.1, 0.15) is 35.8 Å². The first-order chi connectivity index (χ1) is 9.86. The van der Waals surface area contributed by atoms with Crippen LogP contribution in [0.25, 0.3) is 0 Å². The highest BCUT2D eigenvalue weighted by molar-refractivity contribution is 9.10. The fourth-order valence-corrected chi connectivity index (χ4v) is 2.51. The zero-order valence-corrected chi connectivity index (χ0v) is 14.0. The van der Waals surface area contributed by atoms with Gasteiger partial charge >= 0.3 is 0 Å². The number of anilines is 2. The van der Waals surface area contributed by atoms with Crippen molar-refractivity contribution >= 4 is 44.9 Å². The fraction of sp³-hybridized carbons (Fsp3) is 0.200. The van der Waals surface area contributed by atoms with E-state index in [2.05, 4.69) is 26.2 Å². The zero-order chi connectivity index (χ0) is 15.6. The van der Waals surface area contributed by atoms with Gasteiger partial charge in [0, 0.05) is 15.7 Å².